The first-order valence-corrected chi connectivity index (χ1v) is 9.78. The predicted molar refractivity (Wildman–Crippen MR) is 114 cm³/mol. The number of nitrogens with one attached hydrogen (secondary N) is 2. The Morgan fingerprint density at radius 3 is 1.81 bits per heavy atom. The SMILES string of the molecule is c1ccc2cc(C[C@H]3CN[C@H](Cc4ccc5ccccc5c4)N3)ccc2c1. The second kappa shape index (κ2) is 7.15. The van der Waals surface area contributed by atoms with Crippen molar-refractivity contribution in [2.45, 2.75) is 25.0 Å². The average Bonchev–Trinajstić information content (AvgIpc) is 3.14. The van der Waals surface area contributed by atoms with Crippen LogP contribution in [0.4, 0.5) is 0 Å². The van der Waals surface area contributed by atoms with Gasteiger partial charge >= 0.3 is 0 Å². The van der Waals surface area contributed by atoms with Crippen molar-refractivity contribution in [3.05, 3.63) is 96.1 Å². The molecule has 2 N–H and O–H groups in total. The maximum atomic E-state index is 3.77. The molecular weight excluding hydrogens is 328 g/mol. The molecule has 0 radical (unpaired) electrons. The number of hydrogen-bond acceptors (Lipinski definition) is 2. The quantitative estimate of drug-likeness (QED) is 0.558. The molecule has 2 atom stereocenters. The summed E-state index contributed by atoms with van der Waals surface area (Å²) in [5.74, 6) is 0. The van der Waals surface area contributed by atoms with Gasteiger partial charge in [0.15, 0.2) is 0 Å². The molecule has 2 nitrogen and oxygen atoms in total. The third-order valence-corrected chi connectivity index (χ3v) is 5.60. The lowest BCUT2D eigenvalue weighted by atomic mass is 10.0. The molecule has 0 unspecified atom stereocenters. The first kappa shape index (κ1) is 16.5. The minimum absolute atomic E-state index is 0.344. The van der Waals surface area contributed by atoms with Gasteiger partial charge in [-0.3, -0.25) is 5.32 Å². The Kier molecular flexibility index (Phi) is 4.36. The molecule has 4 aromatic rings. The summed E-state index contributed by atoms with van der Waals surface area (Å²) in [5.41, 5.74) is 2.78. The van der Waals surface area contributed by atoms with Crippen LogP contribution in [0, 0.1) is 0 Å². The van der Waals surface area contributed by atoms with Crippen LogP contribution >= 0.6 is 0 Å². The molecule has 134 valence electrons. The van der Waals surface area contributed by atoms with Gasteiger partial charge in [-0.25, -0.2) is 0 Å². The molecule has 1 aliphatic heterocycles. The van der Waals surface area contributed by atoms with Crippen LogP contribution in [0.5, 0.6) is 0 Å². The van der Waals surface area contributed by atoms with E-state index < -0.39 is 0 Å². The first-order valence-electron chi connectivity index (χ1n) is 9.78. The minimum Gasteiger partial charge on any atom is -0.300 e. The van der Waals surface area contributed by atoms with Crippen LogP contribution in [0.2, 0.25) is 0 Å². The van der Waals surface area contributed by atoms with E-state index in [0.717, 1.165) is 19.4 Å². The van der Waals surface area contributed by atoms with Crippen LogP contribution in [0.25, 0.3) is 21.5 Å². The zero-order valence-corrected chi connectivity index (χ0v) is 15.4. The van der Waals surface area contributed by atoms with Crippen molar-refractivity contribution < 1.29 is 0 Å². The molecule has 0 bridgehead atoms. The largest absolute Gasteiger partial charge is 0.300 e. The Morgan fingerprint density at radius 1 is 0.630 bits per heavy atom. The lowest BCUT2D eigenvalue weighted by Crippen LogP contribution is -2.36. The van der Waals surface area contributed by atoms with Crippen LogP contribution in [0.1, 0.15) is 11.1 Å². The monoisotopic (exact) mass is 352 g/mol. The van der Waals surface area contributed by atoms with E-state index in [2.05, 4.69) is 95.6 Å². The maximum absolute atomic E-state index is 3.77. The van der Waals surface area contributed by atoms with E-state index in [-0.39, 0.29) is 0 Å². The van der Waals surface area contributed by atoms with E-state index in [0.29, 0.717) is 12.2 Å². The smallest absolute Gasteiger partial charge is 0.0616 e. The van der Waals surface area contributed by atoms with Gasteiger partial charge < -0.3 is 5.32 Å². The Balaban J connectivity index is 1.25. The van der Waals surface area contributed by atoms with Gasteiger partial charge in [-0.05, 0) is 39.1 Å². The molecule has 0 aromatic heterocycles. The van der Waals surface area contributed by atoms with E-state index in [1.165, 1.54) is 32.7 Å². The highest BCUT2D eigenvalue weighted by molar-refractivity contribution is 5.83. The van der Waals surface area contributed by atoms with Crippen molar-refractivity contribution in [2.24, 2.45) is 0 Å². The molecule has 27 heavy (non-hydrogen) atoms. The predicted octanol–water partition coefficient (Wildman–Crippen LogP) is 4.67. The molecule has 1 aliphatic rings. The Bertz CT molecular complexity index is 998. The summed E-state index contributed by atoms with van der Waals surface area (Å²) in [6.07, 6.45) is 2.42. The van der Waals surface area contributed by atoms with Crippen molar-refractivity contribution in [3.8, 4) is 0 Å². The summed E-state index contributed by atoms with van der Waals surface area (Å²) in [4.78, 5) is 0. The van der Waals surface area contributed by atoms with Gasteiger partial charge in [-0.15, -0.1) is 0 Å². The summed E-state index contributed by atoms with van der Waals surface area (Å²) in [7, 11) is 0. The highest BCUT2D eigenvalue weighted by Crippen LogP contribution is 2.19. The zero-order chi connectivity index (χ0) is 18.1. The molecule has 1 saturated heterocycles. The van der Waals surface area contributed by atoms with Crippen molar-refractivity contribution in [1.82, 2.24) is 10.6 Å². The molecular formula is C25H24N2. The molecule has 0 saturated carbocycles. The maximum Gasteiger partial charge on any atom is 0.0616 e. The zero-order valence-electron chi connectivity index (χ0n) is 15.4. The highest BCUT2D eigenvalue weighted by atomic mass is 15.2. The number of fused-ring (bicyclic) bond motifs is 2. The lowest BCUT2D eigenvalue weighted by molar-refractivity contribution is 0.516. The van der Waals surface area contributed by atoms with E-state index >= 15 is 0 Å². The Labute approximate surface area is 160 Å². The van der Waals surface area contributed by atoms with Crippen LogP contribution in [-0.2, 0) is 12.8 Å². The lowest BCUT2D eigenvalue weighted by Gasteiger charge is -2.14. The number of hydrogen-bond donors (Lipinski definition) is 2. The first-order chi connectivity index (χ1) is 13.3. The molecule has 2 heteroatoms. The fourth-order valence-corrected chi connectivity index (χ4v) is 4.20. The highest BCUT2D eigenvalue weighted by Gasteiger charge is 2.23. The molecule has 0 aliphatic carbocycles. The fraction of sp³-hybridized carbons (Fsp3) is 0.200. The van der Waals surface area contributed by atoms with E-state index in [4.69, 9.17) is 0 Å². The molecule has 0 amide bonds. The molecule has 5 rings (SSSR count). The van der Waals surface area contributed by atoms with Crippen molar-refractivity contribution in [1.29, 1.82) is 0 Å². The van der Waals surface area contributed by atoms with Crippen LogP contribution in [0.15, 0.2) is 84.9 Å². The van der Waals surface area contributed by atoms with Gasteiger partial charge in [-0.2, -0.15) is 0 Å². The van der Waals surface area contributed by atoms with Gasteiger partial charge in [0, 0.05) is 19.0 Å². The second-order valence-electron chi connectivity index (χ2n) is 7.60. The number of benzene rings is 4. The summed E-state index contributed by atoms with van der Waals surface area (Å²) < 4.78 is 0. The van der Waals surface area contributed by atoms with Crippen LogP contribution in [-0.4, -0.2) is 18.8 Å². The van der Waals surface area contributed by atoms with Crippen molar-refractivity contribution in [2.75, 3.05) is 6.54 Å². The fourth-order valence-electron chi connectivity index (χ4n) is 4.20. The van der Waals surface area contributed by atoms with Crippen molar-refractivity contribution in [3.63, 3.8) is 0 Å². The van der Waals surface area contributed by atoms with E-state index in [1.54, 1.807) is 0 Å². The third-order valence-electron chi connectivity index (χ3n) is 5.60. The minimum atomic E-state index is 0.344. The topological polar surface area (TPSA) is 24.1 Å². The summed E-state index contributed by atoms with van der Waals surface area (Å²) in [6.45, 7) is 1.02. The standard InChI is InChI=1S/C25H24N2/c1-3-7-22-13-18(9-11-20(22)5-1)15-24-17-26-25(27-24)16-19-10-12-21-6-2-4-8-23(21)14-19/h1-14,24-27H,15-17H2/t24-,25-/m0/s1. The normalized spacial score (nSPS) is 19.7. The van der Waals surface area contributed by atoms with Crippen LogP contribution in [0.3, 0.4) is 0 Å². The second-order valence-corrected chi connectivity index (χ2v) is 7.60. The van der Waals surface area contributed by atoms with Gasteiger partial charge in [0.25, 0.3) is 0 Å². The molecule has 4 aromatic carbocycles. The summed E-state index contributed by atoms with van der Waals surface area (Å²) >= 11 is 0. The van der Waals surface area contributed by atoms with Crippen LogP contribution < -0.4 is 10.6 Å². The average molecular weight is 352 g/mol. The summed E-state index contributed by atoms with van der Waals surface area (Å²) in [5, 5.41) is 12.7. The molecule has 0 spiro atoms. The van der Waals surface area contributed by atoms with Crippen molar-refractivity contribution >= 4 is 21.5 Å². The number of rotatable bonds is 4. The van der Waals surface area contributed by atoms with Gasteiger partial charge in [-0.1, -0.05) is 84.9 Å². The van der Waals surface area contributed by atoms with Gasteiger partial charge in [0.05, 0.1) is 6.17 Å². The van der Waals surface area contributed by atoms with Gasteiger partial charge in [0.1, 0.15) is 0 Å². The molecule has 1 fully saturated rings. The van der Waals surface area contributed by atoms with E-state index in [1.807, 2.05) is 0 Å². The summed E-state index contributed by atoms with van der Waals surface area (Å²) in [6, 6.07) is 31.3. The van der Waals surface area contributed by atoms with E-state index in [9.17, 15) is 0 Å². The Morgan fingerprint density at radius 2 is 1.19 bits per heavy atom. The third kappa shape index (κ3) is 3.59. The Hall–Kier alpha value is -2.68. The van der Waals surface area contributed by atoms with Gasteiger partial charge in [0.2, 0.25) is 0 Å². The molecule has 1 heterocycles.